The molecule has 0 radical (unpaired) electrons. The summed E-state index contributed by atoms with van der Waals surface area (Å²) in [5.41, 5.74) is 0.357. The van der Waals surface area contributed by atoms with Gasteiger partial charge in [-0.25, -0.2) is 8.78 Å². The van der Waals surface area contributed by atoms with E-state index in [0.717, 1.165) is 6.07 Å². The molecular weight excluding hydrogens is 441 g/mol. The van der Waals surface area contributed by atoms with Crippen molar-refractivity contribution in [1.29, 1.82) is 0 Å². The van der Waals surface area contributed by atoms with Crippen molar-refractivity contribution in [3.63, 3.8) is 0 Å². The fourth-order valence-corrected chi connectivity index (χ4v) is 2.01. The van der Waals surface area contributed by atoms with Gasteiger partial charge in [0.1, 0.15) is 11.6 Å². The summed E-state index contributed by atoms with van der Waals surface area (Å²) in [6.45, 7) is 8.79. The zero-order valence-electron chi connectivity index (χ0n) is 15.0. The number of nitrogens with zero attached hydrogens (tertiary/aromatic N) is 1. The molecule has 1 atom stereocenters. The van der Waals surface area contributed by atoms with Crippen molar-refractivity contribution in [3.8, 4) is 0 Å². The van der Waals surface area contributed by atoms with E-state index in [1.54, 1.807) is 6.92 Å². The highest BCUT2D eigenvalue weighted by Crippen LogP contribution is 2.17. The van der Waals surface area contributed by atoms with Crippen molar-refractivity contribution in [2.75, 3.05) is 19.6 Å². The molecule has 1 rings (SSSR count). The van der Waals surface area contributed by atoms with E-state index in [2.05, 4.69) is 20.9 Å². The Labute approximate surface area is 165 Å². The summed E-state index contributed by atoms with van der Waals surface area (Å²) < 4.78 is 26.8. The molecule has 1 unspecified atom stereocenters. The number of carbonyl (C=O) groups excluding carboxylic acids is 1. The fraction of sp³-hybridized carbons (Fsp3) is 0.529. The number of aliphatic imine (C=N–C) groups is 1. The number of hydrogen-bond acceptors (Lipinski definition) is 2. The van der Waals surface area contributed by atoms with E-state index in [4.69, 9.17) is 0 Å². The minimum Gasteiger partial charge on any atom is -0.357 e. The Morgan fingerprint density at radius 2 is 1.88 bits per heavy atom. The number of benzene rings is 1. The van der Waals surface area contributed by atoms with Crippen LogP contribution in [-0.4, -0.2) is 31.5 Å². The maximum Gasteiger partial charge on any atom is 0.222 e. The quantitative estimate of drug-likeness (QED) is 0.250. The molecule has 5 nitrogen and oxygen atoms in total. The van der Waals surface area contributed by atoms with Gasteiger partial charge in [-0.2, -0.15) is 0 Å². The number of hydrogen-bond donors (Lipinski definition) is 3. The van der Waals surface area contributed by atoms with Gasteiger partial charge in [0.25, 0.3) is 0 Å². The van der Waals surface area contributed by atoms with Gasteiger partial charge in [0.15, 0.2) is 5.96 Å². The molecule has 0 aliphatic carbocycles. The fourth-order valence-electron chi connectivity index (χ4n) is 2.01. The van der Waals surface area contributed by atoms with Crippen molar-refractivity contribution in [3.05, 3.63) is 35.4 Å². The Morgan fingerprint density at radius 1 is 1.20 bits per heavy atom. The third-order valence-electron chi connectivity index (χ3n) is 3.33. The summed E-state index contributed by atoms with van der Waals surface area (Å²) in [4.78, 5) is 15.8. The lowest BCUT2D eigenvalue weighted by molar-refractivity contribution is -0.123. The Hall–Kier alpha value is -1.45. The molecule has 0 bridgehead atoms. The summed E-state index contributed by atoms with van der Waals surface area (Å²) in [6, 6.07) is 3.12. The third kappa shape index (κ3) is 8.46. The Morgan fingerprint density at radius 3 is 2.44 bits per heavy atom. The minimum atomic E-state index is -0.607. The van der Waals surface area contributed by atoms with Crippen LogP contribution in [0.2, 0.25) is 0 Å². The molecular formula is C17H27F2IN4O. The number of amides is 1. The second-order valence-corrected chi connectivity index (χ2v) is 5.74. The van der Waals surface area contributed by atoms with Crippen LogP contribution in [0.25, 0.3) is 0 Å². The van der Waals surface area contributed by atoms with E-state index in [1.165, 1.54) is 12.1 Å². The number of rotatable bonds is 7. The normalized spacial score (nSPS) is 12.4. The lowest BCUT2D eigenvalue weighted by atomic mass is 10.1. The van der Waals surface area contributed by atoms with E-state index in [1.807, 2.05) is 20.8 Å². The van der Waals surface area contributed by atoms with Crippen molar-refractivity contribution < 1.29 is 13.6 Å². The minimum absolute atomic E-state index is 0. The SMILES string of the molecule is CCNC(=NCCNC(=O)C(C)C)NC(C)c1ccc(F)cc1F.I. The zero-order valence-corrected chi connectivity index (χ0v) is 17.4. The summed E-state index contributed by atoms with van der Waals surface area (Å²) in [6.07, 6.45) is 0. The van der Waals surface area contributed by atoms with Gasteiger partial charge >= 0.3 is 0 Å². The summed E-state index contributed by atoms with van der Waals surface area (Å²) in [7, 11) is 0. The van der Waals surface area contributed by atoms with Crippen LogP contribution in [0.5, 0.6) is 0 Å². The van der Waals surface area contributed by atoms with Gasteiger partial charge in [-0.15, -0.1) is 24.0 Å². The van der Waals surface area contributed by atoms with E-state index < -0.39 is 11.6 Å². The zero-order chi connectivity index (χ0) is 18.1. The molecule has 8 heteroatoms. The number of nitrogens with one attached hydrogen (secondary N) is 3. The highest BCUT2D eigenvalue weighted by atomic mass is 127. The Kier molecular flexibility index (Phi) is 11.3. The van der Waals surface area contributed by atoms with E-state index in [9.17, 15) is 13.6 Å². The number of halogens is 3. The standard InChI is InChI=1S/C17H26F2N4O.HI/c1-5-20-17(22-9-8-21-16(24)11(2)3)23-12(4)14-7-6-13(18)10-15(14)19;/h6-7,10-12H,5,8-9H2,1-4H3,(H,21,24)(H2,20,22,23);1H. The average Bonchev–Trinajstić information content (AvgIpc) is 2.50. The second-order valence-electron chi connectivity index (χ2n) is 5.74. The third-order valence-corrected chi connectivity index (χ3v) is 3.33. The summed E-state index contributed by atoms with van der Waals surface area (Å²) >= 11 is 0. The molecule has 0 heterocycles. The first-order valence-corrected chi connectivity index (χ1v) is 8.12. The molecule has 25 heavy (non-hydrogen) atoms. The summed E-state index contributed by atoms with van der Waals surface area (Å²) in [5, 5.41) is 8.90. The summed E-state index contributed by atoms with van der Waals surface area (Å²) in [5.74, 6) is -0.792. The molecule has 0 aromatic heterocycles. The molecule has 1 aromatic rings. The van der Waals surface area contributed by atoms with E-state index >= 15 is 0 Å². The molecule has 3 N–H and O–H groups in total. The smallest absolute Gasteiger partial charge is 0.222 e. The van der Waals surface area contributed by atoms with Gasteiger partial charge in [0, 0.05) is 30.6 Å². The van der Waals surface area contributed by atoms with Crippen molar-refractivity contribution >= 4 is 35.8 Å². The number of guanidine groups is 1. The van der Waals surface area contributed by atoms with Crippen molar-refractivity contribution in [2.45, 2.75) is 33.7 Å². The van der Waals surface area contributed by atoms with Crippen LogP contribution in [-0.2, 0) is 4.79 Å². The molecule has 1 amide bonds. The molecule has 0 fully saturated rings. The molecule has 142 valence electrons. The average molecular weight is 468 g/mol. The van der Waals surface area contributed by atoms with Crippen LogP contribution in [0.3, 0.4) is 0 Å². The van der Waals surface area contributed by atoms with Crippen molar-refractivity contribution in [2.24, 2.45) is 10.9 Å². The highest BCUT2D eigenvalue weighted by molar-refractivity contribution is 14.0. The predicted octanol–water partition coefficient (Wildman–Crippen LogP) is 2.97. The van der Waals surface area contributed by atoms with Crippen LogP contribution in [0, 0.1) is 17.6 Å². The molecule has 0 saturated carbocycles. The second kappa shape index (κ2) is 12.0. The van der Waals surface area contributed by atoms with Crippen molar-refractivity contribution in [1.82, 2.24) is 16.0 Å². The first kappa shape index (κ1) is 23.5. The number of carbonyl (C=O) groups is 1. The van der Waals surface area contributed by atoms with Gasteiger partial charge in [0.05, 0.1) is 12.6 Å². The van der Waals surface area contributed by atoms with Crippen LogP contribution in [0.1, 0.15) is 39.3 Å². The van der Waals surface area contributed by atoms with Crippen LogP contribution >= 0.6 is 24.0 Å². The molecule has 1 aromatic carbocycles. The maximum absolute atomic E-state index is 13.8. The molecule has 0 aliphatic heterocycles. The van der Waals surface area contributed by atoms with Gasteiger partial charge in [-0.1, -0.05) is 19.9 Å². The Bertz CT molecular complexity index is 582. The Balaban J connectivity index is 0.00000576. The monoisotopic (exact) mass is 468 g/mol. The molecule has 0 spiro atoms. The first-order valence-electron chi connectivity index (χ1n) is 8.12. The molecule has 0 saturated heterocycles. The highest BCUT2D eigenvalue weighted by Gasteiger charge is 2.13. The van der Waals surface area contributed by atoms with Gasteiger partial charge in [0.2, 0.25) is 5.91 Å². The van der Waals surface area contributed by atoms with Crippen LogP contribution in [0.15, 0.2) is 23.2 Å². The maximum atomic E-state index is 13.8. The lowest BCUT2D eigenvalue weighted by Gasteiger charge is -2.19. The topological polar surface area (TPSA) is 65.5 Å². The van der Waals surface area contributed by atoms with E-state index in [-0.39, 0.29) is 41.8 Å². The van der Waals surface area contributed by atoms with Crippen LogP contribution < -0.4 is 16.0 Å². The lowest BCUT2D eigenvalue weighted by Crippen LogP contribution is -2.39. The van der Waals surface area contributed by atoms with Gasteiger partial charge in [-0.05, 0) is 19.9 Å². The van der Waals surface area contributed by atoms with E-state index in [0.29, 0.717) is 31.2 Å². The largest absolute Gasteiger partial charge is 0.357 e. The van der Waals surface area contributed by atoms with Gasteiger partial charge in [-0.3, -0.25) is 9.79 Å². The van der Waals surface area contributed by atoms with Crippen LogP contribution in [0.4, 0.5) is 8.78 Å². The first-order chi connectivity index (χ1) is 11.3. The molecule has 0 aliphatic rings. The van der Waals surface area contributed by atoms with Gasteiger partial charge < -0.3 is 16.0 Å². The predicted molar refractivity (Wildman–Crippen MR) is 107 cm³/mol.